The quantitative estimate of drug-likeness (QED) is 0.683. The summed E-state index contributed by atoms with van der Waals surface area (Å²) < 4.78 is 41.9. The minimum absolute atomic E-state index is 0.325. The Labute approximate surface area is 142 Å². The number of halogens is 3. The summed E-state index contributed by atoms with van der Waals surface area (Å²) in [6.07, 6.45) is 0. The van der Waals surface area contributed by atoms with Crippen molar-refractivity contribution < 1.29 is 18.0 Å². The van der Waals surface area contributed by atoms with Crippen molar-refractivity contribution >= 4 is 11.6 Å². The van der Waals surface area contributed by atoms with Crippen LogP contribution in [0.5, 0.6) is 0 Å². The van der Waals surface area contributed by atoms with Gasteiger partial charge >= 0.3 is 0 Å². The van der Waals surface area contributed by atoms with Crippen LogP contribution in [-0.4, -0.2) is 10.5 Å². The number of hydrogen-bond donors (Lipinski definition) is 1. The van der Waals surface area contributed by atoms with E-state index in [-0.39, 0.29) is 0 Å². The molecule has 0 saturated carbocycles. The van der Waals surface area contributed by atoms with Crippen molar-refractivity contribution in [1.29, 1.82) is 0 Å². The first-order chi connectivity index (χ1) is 11.9. The van der Waals surface area contributed by atoms with E-state index >= 15 is 0 Å². The molecule has 2 aromatic carbocycles. The van der Waals surface area contributed by atoms with Crippen LogP contribution in [0.2, 0.25) is 0 Å². The van der Waals surface area contributed by atoms with Gasteiger partial charge in [-0.3, -0.25) is 4.79 Å². The Morgan fingerprint density at radius 1 is 0.920 bits per heavy atom. The third kappa shape index (κ3) is 3.15. The number of carbonyl (C=O) groups is 1. The topological polar surface area (TPSA) is 34.0 Å². The van der Waals surface area contributed by atoms with Gasteiger partial charge in [-0.1, -0.05) is 18.2 Å². The van der Waals surface area contributed by atoms with Crippen LogP contribution in [0.1, 0.15) is 21.7 Å². The third-order valence-corrected chi connectivity index (χ3v) is 3.95. The number of para-hydroxylation sites is 1. The highest BCUT2D eigenvalue weighted by Crippen LogP contribution is 2.23. The summed E-state index contributed by atoms with van der Waals surface area (Å²) >= 11 is 0. The van der Waals surface area contributed by atoms with Crippen LogP contribution in [0.15, 0.2) is 48.5 Å². The van der Waals surface area contributed by atoms with Gasteiger partial charge in [0.15, 0.2) is 11.6 Å². The lowest BCUT2D eigenvalue weighted by Crippen LogP contribution is -2.14. The van der Waals surface area contributed by atoms with Crippen molar-refractivity contribution in [3.8, 4) is 5.69 Å². The van der Waals surface area contributed by atoms with Crippen LogP contribution in [0.3, 0.4) is 0 Å². The van der Waals surface area contributed by atoms with Crippen LogP contribution in [0, 0.1) is 31.3 Å². The molecule has 0 aliphatic heterocycles. The number of aryl methyl sites for hydroxylation is 1. The molecule has 0 radical (unpaired) electrons. The molecule has 3 rings (SSSR count). The molecule has 1 aromatic heterocycles. The molecule has 3 nitrogen and oxygen atoms in total. The van der Waals surface area contributed by atoms with Gasteiger partial charge in [0, 0.05) is 29.2 Å². The molecular weight excluding hydrogens is 329 g/mol. The lowest BCUT2D eigenvalue weighted by molar-refractivity contribution is 0.102. The van der Waals surface area contributed by atoms with Gasteiger partial charge in [-0.15, -0.1) is 0 Å². The van der Waals surface area contributed by atoms with Crippen LogP contribution in [-0.2, 0) is 0 Å². The number of nitrogens with zero attached hydrogens (tertiary/aromatic N) is 1. The molecule has 3 aromatic rings. The molecule has 0 aliphatic rings. The predicted molar refractivity (Wildman–Crippen MR) is 89.5 cm³/mol. The summed E-state index contributed by atoms with van der Waals surface area (Å²) in [4.78, 5) is 12.5. The highest BCUT2D eigenvalue weighted by Gasteiger charge is 2.19. The Balaban J connectivity index is 1.95. The van der Waals surface area contributed by atoms with Gasteiger partial charge in [0.05, 0.1) is 11.3 Å². The second-order valence-corrected chi connectivity index (χ2v) is 5.66. The van der Waals surface area contributed by atoms with E-state index in [0.29, 0.717) is 23.4 Å². The average molecular weight is 344 g/mol. The largest absolute Gasteiger partial charge is 0.319 e. The van der Waals surface area contributed by atoms with E-state index in [1.807, 2.05) is 41.8 Å². The second kappa shape index (κ2) is 6.47. The second-order valence-electron chi connectivity index (χ2n) is 5.66. The molecule has 0 saturated heterocycles. The van der Waals surface area contributed by atoms with E-state index in [0.717, 1.165) is 11.4 Å². The number of nitrogens with one attached hydrogen (secondary N) is 1. The number of hydrogen-bond acceptors (Lipinski definition) is 1. The fourth-order valence-corrected chi connectivity index (χ4v) is 2.78. The molecular formula is C19H15F3N2O. The summed E-state index contributed by atoms with van der Waals surface area (Å²) in [6.45, 7) is 3.60. The molecule has 1 heterocycles. The molecule has 0 spiro atoms. The molecule has 0 bridgehead atoms. The number of rotatable bonds is 3. The van der Waals surface area contributed by atoms with Gasteiger partial charge < -0.3 is 9.88 Å². The Morgan fingerprint density at radius 3 is 2.24 bits per heavy atom. The minimum atomic E-state index is -1.31. The van der Waals surface area contributed by atoms with Crippen LogP contribution in [0.4, 0.5) is 18.9 Å². The van der Waals surface area contributed by atoms with E-state index < -0.39 is 29.0 Å². The molecule has 0 unspecified atom stereocenters. The lowest BCUT2D eigenvalue weighted by atomic mass is 10.2. The van der Waals surface area contributed by atoms with E-state index in [1.54, 1.807) is 13.0 Å². The number of amides is 1. The minimum Gasteiger partial charge on any atom is -0.319 e. The van der Waals surface area contributed by atoms with Gasteiger partial charge in [0.25, 0.3) is 5.91 Å². The maximum absolute atomic E-state index is 13.7. The fraction of sp³-hybridized carbons (Fsp3) is 0.105. The van der Waals surface area contributed by atoms with Crippen molar-refractivity contribution in [1.82, 2.24) is 4.57 Å². The molecule has 1 amide bonds. The van der Waals surface area contributed by atoms with Crippen LogP contribution in [0.25, 0.3) is 5.69 Å². The maximum Gasteiger partial charge on any atom is 0.257 e. The Morgan fingerprint density at radius 2 is 1.56 bits per heavy atom. The van der Waals surface area contributed by atoms with Crippen molar-refractivity contribution in [2.45, 2.75) is 13.8 Å². The van der Waals surface area contributed by atoms with Gasteiger partial charge in [-0.05, 0) is 32.0 Å². The van der Waals surface area contributed by atoms with Crippen LogP contribution < -0.4 is 5.32 Å². The number of benzene rings is 2. The first kappa shape index (κ1) is 16.8. The zero-order valence-corrected chi connectivity index (χ0v) is 13.6. The smallest absolute Gasteiger partial charge is 0.257 e. The van der Waals surface area contributed by atoms with Gasteiger partial charge in [-0.2, -0.15) is 0 Å². The van der Waals surface area contributed by atoms with Crippen molar-refractivity contribution in [3.05, 3.63) is 82.9 Å². The highest BCUT2D eigenvalue weighted by molar-refractivity contribution is 6.05. The number of anilines is 1. The normalized spacial score (nSPS) is 10.8. The average Bonchev–Trinajstić information content (AvgIpc) is 2.88. The number of aromatic nitrogens is 1. The van der Waals surface area contributed by atoms with Gasteiger partial charge in [0.1, 0.15) is 5.82 Å². The van der Waals surface area contributed by atoms with E-state index in [1.165, 1.54) is 0 Å². The Kier molecular flexibility index (Phi) is 4.35. The number of carbonyl (C=O) groups excluding carboxylic acids is 1. The fourth-order valence-electron chi connectivity index (χ4n) is 2.78. The summed E-state index contributed by atoms with van der Waals surface area (Å²) in [5.41, 5.74) is 2.28. The molecule has 1 N–H and O–H groups in total. The standard InChI is InChI=1S/C19H15F3N2O/c1-11-8-14(12(2)24(11)13-6-4-3-5-7-13)19(25)23-18-10-16(21)15(20)9-17(18)22/h3-10H,1-2H3,(H,23,25). The first-order valence-corrected chi connectivity index (χ1v) is 7.58. The molecule has 0 atom stereocenters. The van der Waals surface area contributed by atoms with Crippen LogP contribution >= 0.6 is 0 Å². The first-order valence-electron chi connectivity index (χ1n) is 7.58. The zero-order valence-electron chi connectivity index (χ0n) is 13.6. The predicted octanol–water partition coefficient (Wildman–Crippen LogP) is 4.76. The molecule has 6 heteroatoms. The summed E-state index contributed by atoms with van der Waals surface area (Å²) in [5, 5.41) is 2.29. The van der Waals surface area contributed by atoms with E-state index in [9.17, 15) is 18.0 Å². The summed E-state index contributed by atoms with van der Waals surface area (Å²) in [6, 6.07) is 12.1. The molecule has 25 heavy (non-hydrogen) atoms. The molecule has 128 valence electrons. The van der Waals surface area contributed by atoms with Crippen molar-refractivity contribution in [2.24, 2.45) is 0 Å². The van der Waals surface area contributed by atoms with Crippen molar-refractivity contribution in [3.63, 3.8) is 0 Å². The van der Waals surface area contributed by atoms with Crippen molar-refractivity contribution in [2.75, 3.05) is 5.32 Å². The monoisotopic (exact) mass is 344 g/mol. The van der Waals surface area contributed by atoms with E-state index in [2.05, 4.69) is 5.32 Å². The third-order valence-electron chi connectivity index (χ3n) is 3.95. The zero-order chi connectivity index (χ0) is 18.1. The highest BCUT2D eigenvalue weighted by atomic mass is 19.2. The summed E-state index contributed by atoms with van der Waals surface area (Å²) in [7, 11) is 0. The lowest BCUT2D eigenvalue weighted by Gasteiger charge is -2.10. The molecule has 0 fully saturated rings. The van der Waals surface area contributed by atoms with E-state index in [4.69, 9.17) is 0 Å². The van der Waals surface area contributed by atoms with Gasteiger partial charge in [0.2, 0.25) is 0 Å². The Hall–Kier alpha value is -3.02. The SMILES string of the molecule is Cc1cc(C(=O)Nc2cc(F)c(F)cc2F)c(C)n1-c1ccccc1. The van der Waals surface area contributed by atoms with Gasteiger partial charge in [-0.25, -0.2) is 13.2 Å². The maximum atomic E-state index is 13.7. The molecule has 0 aliphatic carbocycles. The summed E-state index contributed by atoms with van der Waals surface area (Å²) in [5.74, 6) is -4.17. The Bertz CT molecular complexity index is 949.